The summed E-state index contributed by atoms with van der Waals surface area (Å²) < 4.78 is 29.6. The molecule has 3 aliphatic carbocycles. The number of nitrogens with one attached hydrogen (secondary N) is 2. The molecule has 0 aliphatic heterocycles. The minimum atomic E-state index is -4.02. The number of Topliss-reactive ketones (excluding diaryl/α,β-unsaturated/α-hetero) is 2. The monoisotopic (exact) mass is 795 g/mol. The summed E-state index contributed by atoms with van der Waals surface area (Å²) in [6.07, 6.45) is 16.5. The van der Waals surface area contributed by atoms with Crippen molar-refractivity contribution >= 4 is 21.7 Å². The van der Waals surface area contributed by atoms with E-state index in [1.807, 2.05) is 19.3 Å². The Balaban J connectivity index is 0.000000926. The maximum atomic E-state index is 13.5. The molecule has 0 amide bonds. The van der Waals surface area contributed by atoms with Crippen LogP contribution in [-0.2, 0) is 36.5 Å². The molecule has 10 heteroatoms. The van der Waals surface area contributed by atoms with Crippen molar-refractivity contribution in [2.45, 2.75) is 133 Å². The number of hydrogen-bond donors (Lipinski definition) is 3. The Hall–Kier alpha value is -3.02. The molecule has 1 fully saturated rings. The summed E-state index contributed by atoms with van der Waals surface area (Å²) in [6.45, 7) is 27.6. The van der Waals surface area contributed by atoms with Crippen molar-refractivity contribution in [3.05, 3.63) is 100.0 Å². The van der Waals surface area contributed by atoms with Gasteiger partial charge < -0.3 is 16.1 Å². The molecule has 4 rings (SSSR count). The quantitative estimate of drug-likeness (QED) is 0.200. The van der Waals surface area contributed by atoms with E-state index in [-0.39, 0.29) is 72.5 Å². The van der Waals surface area contributed by atoms with Crippen LogP contribution in [0.4, 0.5) is 0 Å². The summed E-state index contributed by atoms with van der Waals surface area (Å²) >= 11 is 0. The fourth-order valence-electron chi connectivity index (χ4n) is 6.13. The molecule has 1 radical (unpaired) electrons. The third-order valence-electron chi connectivity index (χ3n) is 9.57. The summed E-state index contributed by atoms with van der Waals surface area (Å²) in [7, 11) is -4.02. The van der Waals surface area contributed by atoms with E-state index in [1.165, 1.54) is 23.3 Å². The van der Waals surface area contributed by atoms with Gasteiger partial charge >= 0.3 is 0 Å². The molecule has 0 saturated heterocycles. The van der Waals surface area contributed by atoms with Gasteiger partial charge in [-0.25, -0.2) is 0 Å². The van der Waals surface area contributed by atoms with Gasteiger partial charge in [0.25, 0.3) is 10.1 Å². The van der Waals surface area contributed by atoms with Crippen molar-refractivity contribution in [3.63, 3.8) is 0 Å². The number of allylic oxidation sites excluding steroid dienone is 10. The first-order valence-corrected chi connectivity index (χ1v) is 19.6. The largest absolute Gasteiger partial charge is 0.412 e. The molecule has 297 valence electrons. The summed E-state index contributed by atoms with van der Waals surface area (Å²) in [5.41, 5.74) is 5.90. The SMILES string of the molecule is CC(C)(C)C1=C/C(=C/N[C@@H]2CCCC[C@H]2N/C=C2/C=C(C(C)(C)C)C=C(C(C)(C)C)C2=O)C(=O)C(C(C)(C)C)=C1.Cc1ccc(S(=O)(=O)O)cc1.O.[Co]. The Morgan fingerprint density at radius 2 is 0.962 bits per heavy atom. The van der Waals surface area contributed by atoms with Gasteiger partial charge in [-0.3, -0.25) is 14.1 Å². The van der Waals surface area contributed by atoms with Gasteiger partial charge in [-0.15, -0.1) is 0 Å². The van der Waals surface area contributed by atoms with Gasteiger partial charge in [0.05, 0.1) is 4.90 Å². The second-order valence-electron chi connectivity index (χ2n) is 18.3. The van der Waals surface area contributed by atoms with Gasteiger partial charge in [-0.05, 0) is 76.9 Å². The van der Waals surface area contributed by atoms with Crippen LogP contribution in [0, 0.1) is 28.6 Å². The summed E-state index contributed by atoms with van der Waals surface area (Å²) in [4.78, 5) is 26.9. The molecule has 1 aromatic carbocycles. The average molecular weight is 796 g/mol. The Morgan fingerprint density at radius 3 is 1.25 bits per heavy atom. The second kappa shape index (κ2) is 18.1. The molecule has 1 saturated carbocycles. The Labute approximate surface area is 330 Å². The van der Waals surface area contributed by atoms with Gasteiger partial charge in [0, 0.05) is 63.6 Å². The zero-order chi connectivity index (χ0) is 38.7. The molecule has 8 nitrogen and oxygen atoms in total. The summed E-state index contributed by atoms with van der Waals surface area (Å²) in [6, 6.07) is 6.33. The van der Waals surface area contributed by atoms with Crippen molar-refractivity contribution in [2.75, 3.05) is 0 Å². The minimum Gasteiger partial charge on any atom is -0.412 e. The zero-order valence-corrected chi connectivity index (χ0v) is 35.9. The maximum absolute atomic E-state index is 13.5. The Bertz CT molecular complexity index is 1690. The van der Waals surface area contributed by atoms with Gasteiger partial charge in [-0.1, -0.05) is 126 Å². The molecule has 0 unspecified atom stereocenters. The van der Waals surface area contributed by atoms with E-state index < -0.39 is 10.1 Å². The molecule has 53 heavy (non-hydrogen) atoms. The van der Waals surface area contributed by atoms with Gasteiger partial charge in [0.1, 0.15) is 0 Å². The molecule has 0 bridgehead atoms. The first-order chi connectivity index (χ1) is 23.2. The molecular weight excluding hydrogens is 731 g/mol. The fourth-order valence-corrected chi connectivity index (χ4v) is 6.61. The van der Waals surface area contributed by atoms with Crippen LogP contribution in [0.1, 0.15) is 114 Å². The van der Waals surface area contributed by atoms with Crippen molar-refractivity contribution < 1.29 is 44.8 Å². The molecule has 3 aliphatic rings. The van der Waals surface area contributed by atoms with Crippen LogP contribution in [0.25, 0.3) is 0 Å². The van der Waals surface area contributed by atoms with Crippen LogP contribution in [-0.4, -0.2) is 42.1 Å². The normalized spacial score (nSPS) is 21.5. The van der Waals surface area contributed by atoms with E-state index in [0.717, 1.165) is 53.5 Å². The standard InChI is InChI=1S/C36H54N2O2.C7H8O3S.Co.H2O/c1-33(2,3)25-17-23(31(39)27(19-25)35(7,8)9)21-37-29-15-13-14-16-30(29)38-22-24-18-26(34(4,5)6)20-28(32(24)40)36(10,11)12;1-6-2-4-7(5-3-6)11(8,9)10;;/h17-22,29-30,37-38H,13-16H2,1-12H3;2-5H,1H3,(H,8,9,10);;1H2/b23-21-,24-22-;;;/t29-,30-;;;/m1.../s1. The molecule has 0 spiro atoms. The van der Waals surface area contributed by atoms with Crippen molar-refractivity contribution in [3.8, 4) is 0 Å². The van der Waals surface area contributed by atoms with Crippen molar-refractivity contribution in [1.82, 2.24) is 10.6 Å². The van der Waals surface area contributed by atoms with Crippen LogP contribution < -0.4 is 10.6 Å². The first kappa shape index (κ1) is 48.0. The third kappa shape index (κ3) is 13.4. The van der Waals surface area contributed by atoms with E-state index in [2.05, 4.69) is 118 Å². The number of hydrogen-bond acceptors (Lipinski definition) is 6. The maximum Gasteiger partial charge on any atom is 0.294 e. The van der Waals surface area contributed by atoms with E-state index in [9.17, 15) is 18.0 Å². The fraction of sp³-hybridized carbons (Fsp3) is 0.535. The third-order valence-corrected chi connectivity index (χ3v) is 10.4. The Morgan fingerprint density at radius 1 is 0.623 bits per heavy atom. The average Bonchev–Trinajstić information content (AvgIpc) is 2.98. The number of rotatable bonds is 5. The van der Waals surface area contributed by atoms with Gasteiger partial charge in [0.15, 0.2) is 11.6 Å². The predicted molar refractivity (Wildman–Crippen MR) is 213 cm³/mol. The van der Waals surface area contributed by atoms with E-state index in [4.69, 9.17) is 4.55 Å². The molecule has 5 N–H and O–H groups in total. The second-order valence-corrected chi connectivity index (χ2v) is 19.7. The zero-order valence-electron chi connectivity index (χ0n) is 34.1. The van der Waals surface area contributed by atoms with Crippen molar-refractivity contribution in [2.24, 2.45) is 21.7 Å². The van der Waals surface area contributed by atoms with E-state index in [1.54, 1.807) is 12.1 Å². The van der Waals surface area contributed by atoms with Gasteiger partial charge in [-0.2, -0.15) is 8.42 Å². The van der Waals surface area contributed by atoms with Crippen LogP contribution >= 0.6 is 0 Å². The Kier molecular flexibility index (Phi) is 16.4. The topological polar surface area (TPSA) is 144 Å². The molecule has 0 aromatic heterocycles. The predicted octanol–water partition coefficient (Wildman–Crippen LogP) is 8.71. The number of carbonyl (C=O) groups is 2. The first-order valence-electron chi connectivity index (χ1n) is 18.1. The van der Waals surface area contributed by atoms with Crippen LogP contribution in [0.3, 0.4) is 0 Å². The number of ketones is 2. The number of benzene rings is 1. The molecular formula is C43H64CoN2O6S. The summed E-state index contributed by atoms with van der Waals surface area (Å²) in [5.74, 6) is 0.203. The summed E-state index contributed by atoms with van der Waals surface area (Å²) in [5, 5.41) is 7.25. The van der Waals surface area contributed by atoms with Crippen LogP contribution in [0.2, 0.25) is 0 Å². The van der Waals surface area contributed by atoms with Crippen LogP contribution in [0.5, 0.6) is 0 Å². The van der Waals surface area contributed by atoms with Gasteiger partial charge in [0.2, 0.25) is 0 Å². The van der Waals surface area contributed by atoms with Crippen molar-refractivity contribution in [1.29, 1.82) is 0 Å². The smallest absolute Gasteiger partial charge is 0.294 e. The minimum absolute atomic E-state index is 0. The van der Waals surface area contributed by atoms with E-state index in [0.29, 0.717) is 0 Å². The molecule has 1 aromatic rings. The molecule has 0 heterocycles. The molecule has 2 atom stereocenters. The number of carbonyl (C=O) groups excluding carboxylic acids is 2. The van der Waals surface area contributed by atoms with Crippen LogP contribution in [0.15, 0.2) is 99.3 Å². The number of aryl methyl sites for hydroxylation is 1. The van der Waals surface area contributed by atoms with E-state index >= 15 is 0 Å².